The van der Waals surface area contributed by atoms with E-state index in [4.69, 9.17) is 17.2 Å². The van der Waals surface area contributed by atoms with Crippen LogP contribution in [0.5, 0.6) is 5.75 Å². The molecule has 16 heteroatoms. The Morgan fingerprint density at radius 1 is 0.854 bits per heavy atom. The minimum Gasteiger partial charge on any atom is -0.508 e. The fourth-order valence-corrected chi connectivity index (χ4v) is 5.10. The van der Waals surface area contributed by atoms with Gasteiger partial charge in [0.25, 0.3) is 0 Å². The number of aliphatic carboxylic acids is 1. The molecule has 0 bridgehead atoms. The lowest BCUT2D eigenvalue weighted by Crippen LogP contribution is -2.58. The molecule has 4 rings (SSSR count). The molecular weight excluding hydrogens is 620 g/mol. The Morgan fingerprint density at radius 2 is 1.52 bits per heavy atom. The number of nitrogens with one attached hydrogen (secondary N) is 5. The van der Waals surface area contributed by atoms with Crippen molar-refractivity contribution in [3.8, 4) is 5.75 Å². The van der Waals surface area contributed by atoms with E-state index in [0.717, 1.165) is 10.9 Å². The number of phenolic OH excluding ortho intramolecular Hbond substituents is 1. The summed E-state index contributed by atoms with van der Waals surface area (Å²) < 4.78 is 0. The number of aromatic hydroxyl groups is 1. The molecule has 4 atom stereocenters. The number of carboxylic acids is 1. The number of carboxylic acid groups (broad SMARTS) is 1. The second-order valence-electron chi connectivity index (χ2n) is 11.3. The van der Waals surface area contributed by atoms with E-state index >= 15 is 0 Å². The fourth-order valence-electron chi connectivity index (χ4n) is 5.10. The van der Waals surface area contributed by atoms with Crippen LogP contribution in [-0.2, 0) is 38.4 Å². The number of aromatic nitrogens is 3. The van der Waals surface area contributed by atoms with Gasteiger partial charge in [0.2, 0.25) is 17.7 Å². The van der Waals surface area contributed by atoms with E-state index in [1.165, 1.54) is 24.7 Å². The van der Waals surface area contributed by atoms with Gasteiger partial charge in [-0.2, -0.15) is 0 Å². The third-order valence-electron chi connectivity index (χ3n) is 7.64. The molecule has 2 aromatic heterocycles. The fraction of sp³-hybridized carbons (Fsp3) is 0.312. The second kappa shape index (κ2) is 16.6. The van der Waals surface area contributed by atoms with Gasteiger partial charge in [-0.25, -0.2) is 9.78 Å². The van der Waals surface area contributed by atoms with Gasteiger partial charge in [-0.15, -0.1) is 0 Å². The topological polar surface area (TPSA) is 280 Å². The van der Waals surface area contributed by atoms with Crippen molar-refractivity contribution in [1.82, 2.24) is 30.9 Å². The highest BCUT2D eigenvalue weighted by Gasteiger charge is 2.31. The lowest BCUT2D eigenvalue weighted by molar-refractivity contribution is -0.142. The van der Waals surface area contributed by atoms with Crippen molar-refractivity contribution in [3.63, 3.8) is 0 Å². The number of benzene rings is 2. The zero-order valence-corrected chi connectivity index (χ0v) is 26.1. The SMILES string of the molecule is NC(N)=NCCCC(N)C(=O)NC(Cc1cnc[nH]1)C(=O)NC(Cc1c[nH]c2ccccc12)C(=O)NC(Cc1ccc(O)cc1)C(=O)O. The number of carbonyl (C=O) groups is 4. The summed E-state index contributed by atoms with van der Waals surface area (Å²) in [6.45, 7) is 0.274. The largest absolute Gasteiger partial charge is 0.508 e. The van der Waals surface area contributed by atoms with Crippen LogP contribution in [0.25, 0.3) is 10.9 Å². The Bertz CT molecular complexity index is 1720. The second-order valence-corrected chi connectivity index (χ2v) is 11.3. The first kappa shape index (κ1) is 35.0. The Balaban J connectivity index is 1.55. The molecule has 0 aliphatic rings. The molecule has 2 heterocycles. The Morgan fingerprint density at radius 3 is 2.19 bits per heavy atom. The van der Waals surface area contributed by atoms with Gasteiger partial charge in [-0.1, -0.05) is 30.3 Å². The van der Waals surface area contributed by atoms with Crippen LogP contribution >= 0.6 is 0 Å². The summed E-state index contributed by atoms with van der Waals surface area (Å²) in [6, 6.07) is 8.61. The molecule has 4 aromatic rings. The zero-order chi connectivity index (χ0) is 34.6. The van der Waals surface area contributed by atoms with Crippen molar-refractivity contribution in [2.75, 3.05) is 6.54 Å². The normalized spacial score (nSPS) is 13.5. The summed E-state index contributed by atoms with van der Waals surface area (Å²) in [5.41, 5.74) is 19.4. The number of nitrogens with zero attached hydrogens (tertiary/aromatic N) is 2. The first-order valence-corrected chi connectivity index (χ1v) is 15.2. The molecule has 13 N–H and O–H groups in total. The van der Waals surface area contributed by atoms with Gasteiger partial charge in [0, 0.05) is 54.8 Å². The van der Waals surface area contributed by atoms with E-state index in [1.807, 2.05) is 24.3 Å². The summed E-state index contributed by atoms with van der Waals surface area (Å²) in [4.78, 5) is 66.8. The van der Waals surface area contributed by atoms with Crippen molar-refractivity contribution in [2.45, 2.75) is 56.3 Å². The van der Waals surface area contributed by atoms with Crippen LogP contribution in [-0.4, -0.2) is 85.5 Å². The van der Waals surface area contributed by atoms with Crippen LogP contribution in [0.2, 0.25) is 0 Å². The van der Waals surface area contributed by atoms with Gasteiger partial charge >= 0.3 is 5.97 Å². The number of nitrogens with two attached hydrogens (primary N) is 3. The van der Waals surface area contributed by atoms with Crippen LogP contribution in [0.3, 0.4) is 0 Å². The van der Waals surface area contributed by atoms with Gasteiger partial charge < -0.3 is 53.3 Å². The molecule has 0 saturated heterocycles. The molecule has 0 aliphatic heterocycles. The van der Waals surface area contributed by atoms with Gasteiger partial charge in [-0.05, 0) is 42.2 Å². The predicted octanol–water partition coefficient (Wildman–Crippen LogP) is -0.456. The van der Waals surface area contributed by atoms with Crippen LogP contribution in [0.1, 0.15) is 29.7 Å². The highest BCUT2D eigenvalue weighted by Crippen LogP contribution is 2.20. The van der Waals surface area contributed by atoms with Crippen molar-refractivity contribution in [2.24, 2.45) is 22.2 Å². The highest BCUT2D eigenvalue weighted by atomic mass is 16.4. The summed E-state index contributed by atoms with van der Waals surface area (Å²) >= 11 is 0. The minimum atomic E-state index is -1.35. The molecule has 0 aliphatic carbocycles. The number of amides is 3. The van der Waals surface area contributed by atoms with Crippen molar-refractivity contribution < 1.29 is 29.4 Å². The van der Waals surface area contributed by atoms with Crippen LogP contribution in [0.15, 0.2) is 72.2 Å². The third-order valence-corrected chi connectivity index (χ3v) is 7.64. The molecular formula is C32H40N10O6. The van der Waals surface area contributed by atoms with Gasteiger partial charge in [0.05, 0.1) is 12.4 Å². The van der Waals surface area contributed by atoms with E-state index in [0.29, 0.717) is 23.2 Å². The first-order valence-electron chi connectivity index (χ1n) is 15.2. The predicted molar refractivity (Wildman–Crippen MR) is 177 cm³/mol. The van der Waals surface area contributed by atoms with Crippen LogP contribution in [0.4, 0.5) is 0 Å². The van der Waals surface area contributed by atoms with Crippen molar-refractivity contribution in [1.29, 1.82) is 0 Å². The summed E-state index contributed by atoms with van der Waals surface area (Å²) in [6.07, 6.45) is 5.23. The van der Waals surface area contributed by atoms with E-state index in [2.05, 4.69) is 35.9 Å². The summed E-state index contributed by atoms with van der Waals surface area (Å²) in [5.74, 6) is -3.40. The number of rotatable bonds is 17. The number of hydrogen-bond acceptors (Lipinski definition) is 8. The molecule has 0 fully saturated rings. The number of guanidine groups is 1. The van der Waals surface area contributed by atoms with Crippen molar-refractivity contribution in [3.05, 3.63) is 84.1 Å². The number of phenols is 1. The number of carbonyl (C=O) groups excluding carboxylic acids is 3. The van der Waals surface area contributed by atoms with Crippen LogP contribution in [0, 0.1) is 0 Å². The maximum Gasteiger partial charge on any atom is 0.326 e. The average molecular weight is 661 g/mol. The standard InChI is InChI=1S/C32H40N10O6/c33-23(5-3-11-37-32(34)35)28(44)40-26(14-20-16-36-17-39-20)30(46)41-25(13-19-15-38-24-6-2-1-4-22(19)24)29(45)42-27(31(47)48)12-18-7-9-21(43)10-8-18/h1-2,4,6-10,15-17,23,25-27,38,43H,3,5,11-14,33H2,(H,36,39)(H,40,44)(H,41,46)(H,42,45)(H,47,48)(H4,34,35,37). The maximum absolute atomic E-state index is 13.8. The number of aliphatic imine (C=N–C) groups is 1. The van der Waals surface area contributed by atoms with E-state index in [1.54, 1.807) is 18.3 Å². The number of H-pyrrole nitrogens is 2. The van der Waals surface area contributed by atoms with Crippen LogP contribution < -0.4 is 33.2 Å². The molecule has 254 valence electrons. The average Bonchev–Trinajstić information content (AvgIpc) is 3.73. The number of aromatic amines is 2. The van der Waals surface area contributed by atoms with Crippen molar-refractivity contribution >= 4 is 40.6 Å². The zero-order valence-electron chi connectivity index (χ0n) is 26.1. The molecule has 4 unspecified atom stereocenters. The molecule has 2 aromatic carbocycles. The van der Waals surface area contributed by atoms with Gasteiger partial charge in [0.1, 0.15) is 23.9 Å². The molecule has 48 heavy (non-hydrogen) atoms. The summed E-state index contributed by atoms with van der Waals surface area (Å²) in [7, 11) is 0. The molecule has 16 nitrogen and oxygen atoms in total. The Hall–Kier alpha value is -5.90. The number of para-hydroxylation sites is 1. The van der Waals surface area contributed by atoms with Gasteiger partial charge in [0.15, 0.2) is 5.96 Å². The Kier molecular flexibility index (Phi) is 12.1. The summed E-state index contributed by atoms with van der Waals surface area (Å²) in [5, 5.41) is 28.3. The number of fused-ring (bicyclic) bond motifs is 1. The Labute approximate surface area is 275 Å². The number of imidazole rings is 1. The highest BCUT2D eigenvalue weighted by molar-refractivity contribution is 5.95. The lowest BCUT2D eigenvalue weighted by atomic mass is 10.0. The molecule has 0 spiro atoms. The van der Waals surface area contributed by atoms with E-state index < -0.39 is 47.9 Å². The number of hydrogen-bond donors (Lipinski definition) is 10. The maximum atomic E-state index is 13.8. The smallest absolute Gasteiger partial charge is 0.326 e. The lowest BCUT2D eigenvalue weighted by Gasteiger charge is -2.25. The molecule has 0 radical (unpaired) electrons. The monoisotopic (exact) mass is 660 g/mol. The quantitative estimate of drug-likeness (QED) is 0.0395. The van der Waals surface area contributed by atoms with E-state index in [9.17, 15) is 29.4 Å². The first-order chi connectivity index (χ1) is 23.0. The minimum absolute atomic E-state index is 0.00167. The third kappa shape index (κ3) is 10.1. The van der Waals surface area contributed by atoms with Gasteiger partial charge in [-0.3, -0.25) is 19.4 Å². The molecule has 3 amide bonds. The van der Waals surface area contributed by atoms with E-state index in [-0.39, 0.29) is 43.9 Å². The molecule has 0 saturated carbocycles.